The van der Waals surface area contributed by atoms with E-state index in [2.05, 4.69) is 32.9 Å². The lowest BCUT2D eigenvalue weighted by Crippen LogP contribution is -2.49. The molecule has 0 aliphatic heterocycles. The summed E-state index contributed by atoms with van der Waals surface area (Å²) in [6, 6.07) is 0. The topological polar surface area (TPSA) is 20.2 Å². The van der Waals surface area contributed by atoms with Crippen LogP contribution in [0.15, 0.2) is 23.8 Å². The molecule has 22 heavy (non-hydrogen) atoms. The molecule has 1 heteroatoms. The monoisotopic (exact) mass is 302 g/mol. The van der Waals surface area contributed by atoms with E-state index in [4.69, 9.17) is 0 Å². The minimum Gasteiger partial charge on any atom is -0.385 e. The van der Waals surface area contributed by atoms with Gasteiger partial charge in [0.15, 0.2) is 0 Å². The van der Waals surface area contributed by atoms with E-state index in [-0.39, 0.29) is 18.9 Å². The van der Waals surface area contributed by atoms with E-state index < -0.39 is 0 Å². The molecule has 0 saturated heterocycles. The van der Waals surface area contributed by atoms with Crippen LogP contribution in [0.1, 0.15) is 66.7 Å². The van der Waals surface area contributed by atoms with Gasteiger partial charge in [-0.1, -0.05) is 52.0 Å². The molecule has 3 unspecified atom stereocenters. The molecule has 0 radical (unpaired) electrons. The van der Waals surface area contributed by atoms with Gasteiger partial charge in [-0.05, 0) is 67.6 Å². The van der Waals surface area contributed by atoms with Crippen molar-refractivity contribution in [1.82, 2.24) is 0 Å². The quantitative estimate of drug-likeness (QED) is 0.597. The fourth-order valence-corrected chi connectivity index (χ4v) is 6.58. The SMILES string of the molecule is C.C[C@H]1CCC2C3CCC4=C[C@@H](O)C=C[C@]4(C)C3CC[C@@]21C. The summed E-state index contributed by atoms with van der Waals surface area (Å²) in [5, 5.41) is 9.92. The number of hydrogen-bond acceptors (Lipinski definition) is 1. The van der Waals surface area contributed by atoms with Crippen molar-refractivity contribution in [2.45, 2.75) is 72.8 Å². The van der Waals surface area contributed by atoms with Crippen LogP contribution in [0.5, 0.6) is 0 Å². The Morgan fingerprint density at radius 1 is 1.09 bits per heavy atom. The van der Waals surface area contributed by atoms with Crippen LogP contribution in [0.2, 0.25) is 0 Å². The normalized spacial score (nSPS) is 52.9. The van der Waals surface area contributed by atoms with Crippen LogP contribution < -0.4 is 0 Å². The summed E-state index contributed by atoms with van der Waals surface area (Å²) in [6.45, 7) is 7.52. The first-order valence-electron chi connectivity index (χ1n) is 9.04. The van der Waals surface area contributed by atoms with Gasteiger partial charge in [-0.2, -0.15) is 0 Å². The van der Waals surface area contributed by atoms with Crippen LogP contribution in [-0.2, 0) is 0 Å². The maximum absolute atomic E-state index is 9.92. The summed E-state index contributed by atoms with van der Waals surface area (Å²) >= 11 is 0. The molecule has 0 spiro atoms. The summed E-state index contributed by atoms with van der Waals surface area (Å²) < 4.78 is 0. The smallest absolute Gasteiger partial charge is 0.0905 e. The van der Waals surface area contributed by atoms with Crippen LogP contribution >= 0.6 is 0 Å². The van der Waals surface area contributed by atoms with Crippen LogP contribution in [0.3, 0.4) is 0 Å². The third-order valence-corrected chi connectivity index (χ3v) is 8.13. The first-order chi connectivity index (χ1) is 9.95. The molecular formula is C21H34O. The summed E-state index contributed by atoms with van der Waals surface area (Å²) in [5.41, 5.74) is 2.36. The molecule has 0 amide bonds. The third kappa shape index (κ3) is 2.00. The van der Waals surface area contributed by atoms with Gasteiger partial charge in [0, 0.05) is 5.41 Å². The second-order valence-electron chi connectivity index (χ2n) is 8.76. The Balaban J connectivity index is 0.00000144. The highest BCUT2D eigenvalue weighted by Crippen LogP contribution is 2.65. The molecule has 0 aromatic carbocycles. The van der Waals surface area contributed by atoms with Crippen molar-refractivity contribution in [3.63, 3.8) is 0 Å². The Hall–Kier alpha value is -0.560. The highest BCUT2D eigenvalue weighted by atomic mass is 16.3. The zero-order chi connectivity index (χ0) is 14.8. The van der Waals surface area contributed by atoms with E-state index in [0.717, 1.165) is 23.7 Å². The van der Waals surface area contributed by atoms with E-state index in [1.165, 1.54) is 44.1 Å². The van der Waals surface area contributed by atoms with Gasteiger partial charge in [0.2, 0.25) is 0 Å². The van der Waals surface area contributed by atoms with Crippen molar-refractivity contribution in [3.8, 4) is 0 Å². The summed E-state index contributed by atoms with van der Waals surface area (Å²) in [5.74, 6) is 3.59. The average molecular weight is 303 g/mol. The predicted molar refractivity (Wildman–Crippen MR) is 93.5 cm³/mol. The minimum atomic E-state index is -0.343. The van der Waals surface area contributed by atoms with Crippen molar-refractivity contribution in [1.29, 1.82) is 0 Å². The van der Waals surface area contributed by atoms with Gasteiger partial charge < -0.3 is 5.11 Å². The molecule has 7 atom stereocenters. The van der Waals surface area contributed by atoms with Gasteiger partial charge in [0.1, 0.15) is 0 Å². The van der Waals surface area contributed by atoms with Gasteiger partial charge in [-0.25, -0.2) is 0 Å². The highest BCUT2D eigenvalue weighted by Gasteiger charge is 2.57. The molecule has 1 N–H and O–H groups in total. The van der Waals surface area contributed by atoms with Gasteiger partial charge >= 0.3 is 0 Å². The van der Waals surface area contributed by atoms with Crippen LogP contribution in [0.25, 0.3) is 0 Å². The van der Waals surface area contributed by atoms with E-state index in [0.29, 0.717) is 5.41 Å². The third-order valence-electron chi connectivity index (χ3n) is 8.13. The standard InChI is InChI=1S/C20H30O.CH4/c1-13-4-7-17-16-6-5-14-12-15(21)8-10-20(14,3)18(16)9-11-19(13,17)2;/h8,10,12-13,15-18,21H,4-7,9,11H2,1-3H3;1H4/t13-,15-,16?,17?,18?,19+,20-;/m0./s1. The van der Waals surface area contributed by atoms with Gasteiger partial charge in [-0.15, -0.1) is 0 Å². The molecule has 0 aromatic rings. The highest BCUT2D eigenvalue weighted by molar-refractivity contribution is 5.33. The second-order valence-corrected chi connectivity index (χ2v) is 8.76. The van der Waals surface area contributed by atoms with Gasteiger partial charge in [0.05, 0.1) is 6.10 Å². The largest absolute Gasteiger partial charge is 0.385 e. The first kappa shape index (κ1) is 16.3. The Morgan fingerprint density at radius 2 is 1.86 bits per heavy atom. The number of rotatable bonds is 0. The number of fused-ring (bicyclic) bond motifs is 5. The fraction of sp³-hybridized carbons (Fsp3) is 0.810. The zero-order valence-corrected chi connectivity index (χ0v) is 13.8. The van der Waals surface area contributed by atoms with Crippen molar-refractivity contribution in [3.05, 3.63) is 23.8 Å². The van der Waals surface area contributed by atoms with Crippen LogP contribution in [-0.4, -0.2) is 11.2 Å². The Labute approximate surface area is 136 Å². The maximum atomic E-state index is 9.92. The number of allylic oxidation sites excluding steroid dienone is 2. The molecular weight excluding hydrogens is 268 g/mol. The van der Waals surface area contributed by atoms with E-state index >= 15 is 0 Å². The van der Waals surface area contributed by atoms with Crippen molar-refractivity contribution >= 4 is 0 Å². The Morgan fingerprint density at radius 3 is 2.64 bits per heavy atom. The summed E-state index contributed by atoms with van der Waals surface area (Å²) in [6.07, 6.45) is 14.4. The van der Waals surface area contributed by atoms with Crippen LogP contribution in [0, 0.1) is 34.5 Å². The number of aliphatic hydroxyl groups is 1. The molecule has 0 heterocycles. The summed E-state index contributed by atoms with van der Waals surface area (Å²) in [7, 11) is 0. The molecule has 1 nitrogen and oxygen atoms in total. The van der Waals surface area contributed by atoms with E-state index in [1.807, 2.05) is 6.08 Å². The molecule has 3 saturated carbocycles. The van der Waals surface area contributed by atoms with E-state index in [1.54, 1.807) is 0 Å². The zero-order valence-electron chi connectivity index (χ0n) is 13.8. The van der Waals surface area contributed by atoms with Gasteiger partial charge in [0.25, 0.3) is 0 Å². The minimum absolute atomic E-state index is 0. The fourth-order valence-electron chi connectivity index (χ4n) is 6.58. The lowest BCUT2D eigenvalue weighted by molar-refractivity contribution is -0.0314. The van der Waals surface area contributed by atoms with Gasteiger partial charge in [-0.3, -0.25) is 0 Å². The summed E-state index contributed by atoms with van der Waals surface area (Å²) in [4.78, 5) is 0. The molecule has 4 aliphatic rings. The second kappa shape index (κ2) is 5.23. The van der Waals surface area contributed by atoms with Crippen molar-refractivity contribution < 1.29 is 5.11 Å². The molecule has 0 aromatic heterocycles. The molecule has 3 fully saturated rings. The first-order valence-corrected chi connectivity index (χ1v) is 9.04. The van der Waals surface area contributed by atoms with E-state index in [9.17, 15) is 5.11 Å². The molecule has 0 bridgehead atoms. The predicted octanol–water partition coefficient (Wildman–Crippen LogP) is 5.36. The van der Waals surface area contributed by atoms with Crippen LogP contribution in [0.4, 0.5) is 0 Å². The Kier molecular flexibility index (Phi) is 3.87. The number of aliphatic hydroxyl groups excluding tert-OH is 1. The lowest BCUT2D eigenvalue weighted by atomic mass is 9.48. The maximum Gasteiger partial charge on any atom is 0.0905 e. The Bertz CT molecular complexity index is 504. The lowest BCUT2D eigenvalue weighted by Gasteiger charge is -2.57. The number of hydrogen-bond donors (Lipinski definition) is 1. The molecule has 124 valence electrons. The van der Waals surface area contributed by atoms with Crippen molar-refractivity contribution in [2.24, 2.45) is 34.5 Å². The average Bonchev–Trinajstić information content (AvgIpc) is 2.76. The van der Waals surface area contributed by atoms with Crippen molar-refractivity contribution in [2.75, 3.05) is 0 Å². The molecule has 4 aliphatic carbocycles. The molecule has 4 rings (SSSR count).